The minimum Gasteiger partial charge on any atom is -0.507 e. The van der Waals surface area contributed by atoms with E-state index >= 15 is 0 Å². The second-order valence-corrected chi connectivity index (χ2v) is 8.21. The number of nitrogens with zero attached hydrogens (tertiary/aromatic N) is 1. The highest BCUT2D eigenvalue weighted by molar-refractivity contribution is 6.30. The molecule has 0 saturated carbocycles. The first-order valence-corrected chi connectivity index (χ1v) is 11.0. The van der Waals surface area contributed by atoms with Gasteiger partial charge in [-0.1, -0.05) is 17.7 Å². The molecule has 2 amide bonds. The van der Waals surface area contributed by atoms with E-state index in [-0.39, 0.29) is 17.9 Å². The van der Waals surface area contributed by atoms with Crippen LogP contribution in [-0.2, 0) is 9.59 Å². The first-order chi connectivity index (χ1) is 16.2. The van der Waals surface area contributed by atoms with Crippen LogP contribution in [0.3, 0.4) is 0 Å². The molecule has 0 aliphatic carbocycles. The molecule has 10 nitrogen and oxygen atoms in total. The van der Waals surface area contributed by atoms with Gasteiger partial charge in [0.2, 0.25) is 5.91 Å². The largest absolute Gasteiger partial charge is 0.507 e. The zero-order chi connectivity index (χ0) is 24.7. The summed E-state index contributed by atoms with van der Waals surface area (Å²) < 4.78 is 0. The molecule has 180 valence electrons. The average Bonchev–Trinajstić information content (AvgIpc) is 2.80. The van der Waals surface area contributed by atoms with Gasteiger partial charge in [0, 0.05) is 34.9 Å². The monoisotopic (exact) mass is 487 g/mol. The number of aliphatic imine (C=N–C) groups is 1. The number of carboxylic acids is 1. The van der Waals surface area contributed by atoms with E-state index in [1.165, 1.54) is 12.1 Å². The van der Waals surface area contributed by atoms with Crippen LogP contribution in [0.15, 0.2) is 41.4 Å². The highest BCUT2D eigenvalue weighted by Crippen LogP contribution is 2.32. The molecule has 34 heavy (non-hydrogen) atoms. The van der Waals surface area contributed by atoms with E-state index in [0.29, 0.717) is 27.8 Å². The van der Waals surface area contributed by atoms with Crippen LogP contribution >= 0.6 is 11.6 Å². The van der Waals surface area contributed by atoms with Crippen molar-refractivity contribution in [2.45, 2.75) is 25.8 Å². The maximum atomic E-state index is 12.6. The summed E-state index contributed by atoms with van der Waals surface area (Å²) in [6, 6.07) is 8.63. The van der Waals surface area contributed by atoms with Gasteiger partial charge in [-0.25, -0.2) is 0 Å². The number of guanidine groups is 1. The van der Waals surface area contributed by atoms with Gasteiger partial charge in [-0.15, -0.1) is 0 Å². The van der Waals surface area contributed by atoms with Gasteiger partial charge in [-0.3, -0.25) is 19.4 Å². The number of halogens is 1. The third-order valence-corrected chi connectivity index (χ3v) is 5.30. The Morgan fingerprint density at radius 2 is 2.03 bits per heavy atom. The zero-order valence-corrected chi connectivity index (χ0v) is 19.3. The summed E-state index contributed by atoms with van der Waals surface area (Å²) in [6.45, 7) is 2.77. The van der Waals surface area contributed by atoms with Gasteiger partial charge in [0.15, 0.2) is 5.96 Å². The molecule has 1 aliphatic heterocycles. The van der Waals surface area contributed by atoms with Gasteiger partial charge in [-0.05, 0) is 49.2 Å². The number of anilines is 1. The average molecular weight is 488 g/mol. The van der Waals surface area contributed by atoms with Crippen molar-refractivity contribution >= 4 is 41.0 Å². The topological polar surface area (TPSA) is 152 Å². The first-order valence-electron chi connectivity index (χ1n) is 10.7. The Labute approximate surface area is 201 Å². The Morgan fingerprint density at radius 1 is 1.24 bits per heavy atom. The predicted octanol–water partition coefficient (Wildman–Crippen LogP) is 2.18. The number of nitrogens with one attached hydrogen (secondary N) is 4. The molecule has 3 rings (SSSR count). The van der Waals surface area contributed by atoms with Crippen LogP contribution in [-0.4, -0.2) is 53.6 Å². The molecule has 0 fully saturated rings. The van der Waals surface area contributed by atoms with E-state index in [1.807, 2.05) is 0 Å². The van der Waals surface area contributed by atoms with Crippen molar-refractivity contribution in [3.05, 3.63) is 58.1 Å². The lowest BCUT2D eigenvalue weighted by Crippen LogP contribution is -2.39. The molecule has 2 aromatic carbocycles. The third-order valence-electron chi connectivity index (χ3n) is 5.08. The van der Waals surface area contributed by atoms with Crippen LogP contribution < -0.4 is 21.3 Å². The number of carboxylic acid groups (broad SMARTS) is 1. The SMILES string of the molecule is Cc1cc(Cl)cc([C@@H](CC(=O)O)NC(=O)CNC(=O)c2cccc(NC3=NCCCN3)c2)c1O. The Morgan fingerprint density at radius 3 is 2.74 bits per heavy atom. The lowest BCUT2D eigenvalue weighted by Gasteiger charge is -2.20. The normalized spacial score (nSPS) is 13.8. The van der Waals surface area contributed by atoms with Crippen LogP contribution in [0.1, 0.15) is 40.4 Å². The molecule has 1 heterocycles. The molecule has 11 heteroatoms. The van der Waals surface area contributed by atoms with Crippen LogP contribution in [0, 0.1) is 6.92 Å². The lowest BCUT2D eigenvalue weighted by molar-refractivity contribution is -0.137. The van der Waals surface area contributed by atoms with Crippen molar-refractivity contribution in [3.63, 3.8) is 0 Å². The van der Waals surface area contributed by atoms with Crippen molar-refractivity contribution in [2.24, 2.45) is 4.99 Å². The zero-order valence-electron chi connectivity index (χ0n) is 18.5. The summed E-state index contributed by atoms with van der Waals surface area (Å²) in [5.74, 6) is -1.79. The number of rotatable bonds is 8. The summed E-state index contributed by atoms with van der Waals surface area (Å²) in [5, 5.41) is 31.2. The first kappa shape index (κ1) is 24.8. The standard InChI is InChI=1S/C23H26ClN5O5/c1-13-8-15(24)10-17(21(13)33)18(11-20(31)32)29-19(30)12-27-22(34)14-4-2-5-16(9-14)28-23-25-6-3-7-26-23/h2,4-5,8-10,18,33H,3,6-7,11-12H2,1H3,(H,27,34)(H,29,30)(H,31,32)(H2,25,26,28)/t18-/m1/s1. The summed E-state index contributed by atoms with van der Waals surface area (Å²) in [6.07, 6.45) is 0.484. The molecule has 2 aromatic rings. The molecular formula is C23H26ClN5O5. The number of phenolic OH excluding ortho intramolecular Hbond substituents is 1. The van der Waals surface area contributed by atoms with Gasteiger partial charge in [0.05, 0.1) is 19.0 Å². The van der Waals surface area contributed by atoms with Crippen molar-refractivity contribution < 1.29 is 24.6 Å². The van der Waals surface area contributed by atoms with E-state index in [2.05, 4.69) is 26.3 Å². The number of aliphatic carboxylic acids is 1. The van der Waals surface area contributed by atoms with Crippen molar-refractivity contribution in [1.29, 1.82) is 0 Å². The number of hydrogen-bond donors (Lipinski definition) is 6. The Hall–Kier alpha value is -3.79. The number of carbonyl (C=O) groups is 3. The Bertz CT molecular complexity index is 1120. The van der Waals surface area contributed by atoms with Gasteiger partial charge in [-0.2, -0.15) is 0 Å². The molecule has 0 spiro atoms. The quantitative estimate of drug-likeness (QED) is 0.333. The van der Waals surface area contributed by atoms with Crippen LogP contribution in [0.5, 0.6) is 5.75 Å². The highest BCUT2D eigenvalue weighted by atomic mass is 35.5. The van der Waals surface area contributed by atoms with Gasteiger partial charge < -0.3 is 31.5 Å². The second kappa shape index (κ2) is 11.4. The lowest BCUT2D eigenvalue weighted by atomic mass is 10.00. The van der Waals surface area contributed by atoms with Gasteiger partial charge >= 0.3 is 5.97 Å². The molecular weight excluding hydrogens is 462 g/mol. The van der Waals surface area contributed by atoms with Crippen molar-refractivity contribution in [2.75, 3.05) is 25.0 Å². The van der Waals surface area contributed by atoms with Gasteiger partial charge in [0.1, 0.15) is 5.75 Å². The summed E-state index contributed by atoms with van der Waals surface area (Å²) in [7, 11) is 0. The second-order valence-electron chi connectivity index (χ2n) is 7.78. The number of carbonyl (C=O) groups excluding carboxylic acids is 2. The molecule has 0 bridgehead atoms. The number of phenols is 1. The number of benzene rings is 2. The van der Waals surface area contributed by atoms with E-state index < -0.39 is 30.2 Å². The highest BCUT2D eigenvalue weighted by Gasteiger charge is 2.23. The van der Waals surface area contributed by atoms with Crippen LogP contribution in [0.2, 0.25) is 5.02 Å². The molecule has 1 aliphatic rings. The fourth-order valence-electron chi connectivity index (χ4n) is 3.44. The number of aromatic hydroxyl groups is 1. The Balaban J connectivity index is 1.62. The maximum Gasteiger partial charge on any atom is 0.305 e. The number of hydrogen-bond acceptors (Lipinski definition) is 7. The van der Waals surface area contributed by atoms with Crippen molar-refractivity contribution in [1.82, 2.24) is 16.0 Å². The third kappa shape index (κ3) is 6.85. The maximum absolute atomic E-state index is 12.6. The predicted molar refractivity (Wildman–Crippen MR) is 128 cm³/mol. The Kier molecular flexibility index (Phi) is 8.31. The summed E-state index contributed by atoms with van der Waals surface area (Å²) in [5.41, 5.74) is 1.63. The molecule has 0 saturated heterocycles. The number of aryl methyl sites for hydroxylation is 1. The van der Waals surface area contributed by atoms with E-state index in [1.54, 1.807) is 31.2 Å². The molecule has 6 N–H and O–H groups in total. The van der Waals surface area contributed by atoms with Gasteiger partial charge in [0.25, 0.3) is 5.91 Å². The minimum absolute atomic E-state index is 0.152. The van der Waals surface area contributed by atoms with Crippen LogP contribution in [0.25, 0.3) is 0 Å². The molecule has 0 aromatic heterocycles. The van der Waals surface area contributed by atoms with Crippen LogP contribution in [0.4, 0.5) is 5.69 Å². The smallest absolute Gasteiger partial charge is 0.305 e. The fourth-order valence-corrected chi connectivity index (χ4v) is 3.72. The van der Waals surface area contributed by atoms with Crippen molar-refractivity contribution in [3.8, 4) is 5.75 Å². The van der Waals surface area contributed by atoms with E-state index in [9.17, 15) is 24.6 Å². The van der Waals surface area contributed by atoms with E-state index in [0.717, 1.165) is 19.5 Å². The van der Waals surface area contributed by atoms with E-state index in [4.69, 9.17) is 11.6 Å². The molecule has 1 atom stereocenters. The number of amides is 2. The summed E-state index contributed by atoms with van der Waals surface area (Å²) in [4.78, 5) is 40.7. The molecule has 0 radical (unpaired) electrons. The fraction of sp³-hybridized carbons (Fsp3) is 0.304. The molecule has 0 unspecified atom stereocenters. The minimum atomic E-state index is -1.17. The summed E-state index contributed by atoms with van der Waals surface area (Å²) >= 11 is 6.04.